The zero-order valence-electron chi connectivity index (χ0n) is 11.2. The molecule has 1 fully saturated rings. The average Bonchev–Trinajstić information content (AvgIpc) is 2.39. The number of benzene rings is 1. The number of likely N-dealkylation sites (tertiary alicyclic amines) is 1. The van der Waals surface area contributed by atoms with Gasteiger partial charge in [-0.2, -0.15) is 0 Å². The summed E-state index contributed by atoms with van der Waals surface area (Å²) in [7, 11) is 1.67. The molecule has 0 radical (unpaired) electrons. The lowest BCUT2D eigenvalue weighted by molar-refractivity contribution is 0.0697. The van der Waals surface area contributed by atoms with Crippen LogP contribution in [0.3, 0.4) is 0 Å². The normalized spacial score (nSPS) is 16.9. The summed E-state index contributed by atoms with van der Waals surface area (Å²) in [5.41, 5.74) is 1.83. The predicted molar refractivity (Wildman–Crippen MR) is 71.5 cm³/mol. The molecule has 2 rings (SSSR count). The van der Waals surface area contributed by atoms with Crippen molar-refractivity contribution in [1.82, 2.24) is 4.90 Å². The van der Waals surface area contributed by atoms with Crippen molar-refractivity contribution in [3.05, 3.63) is 35.4 Å². The molecule has 0 bridgehead atoms. The van der Waals surface area contributed by atoms with Gasteiger partial charge in [0.1, 0.15) is 0 Å². The standard InChI is InChI=1S/C15H21NO2/c1-12-6-8-16(9-7-12)15(17)14-5-3-4-13(10-14)11-18-2/h3-5,10,12H,6-9,11H2,1-2H3. The molecule has 3 heteroatoms. The van der Waals surface area contributed by atoms with Crippen molar-refractivity contribution >= 4 is 5.91 Å². The van der Waals surface area contributed by atoms with Gasteiger partial charge in [0.2, 0.25) is 0 Å². The van der Waals surface area contributed by atoms with E-state index in [0.29, 0.717) is 6.61 Å². The fourth-order valence-electron chi connectivity index (χ4n) is 2.36. The fourth-order valence-corrected chi connectivity index (χ4v) is 2.36. The van der Waals surface area contributed by atoms with Crippen molar-refractivity contribution in [1.29, 1.82) is 0 Å². The van der Waals surface area contributed by atoms with Gasteiger partial charge in [0.15, 0.2) is 0 Å². The Hall–Kier alpha value is -1.35. The van der Waals surface area contributed by atoms with E-state index in [-0.39, 0.29) is 5.91 Å². The van der Waals surface area contributed by atoms with Crippen LogP contribution in [0.2, 0.25) is 0 Å². The third-order valence-corrected chi connectivity index (χ3v) is 3.56. The number of methoxy groups -OCH3 is 1. The van der Waals surface area contributed by atoms with Crippen LogP contribution in [-0.4, -0.2) is 31.0 Å². The maximum Gasteiger partial charge on any atom is 0.253 e. The maximum atomic E-state index is 12.3. The highest BCUT2D eigenvalue weighted by Gasteiger charge is 2.21. The summed E-state index contributed by atoms with van der Waals surface area (Å²) < 4.78 is 5.10. The van der Waals surface area contributed by atoms with Gasteiger partial charge >= 0.3 is 0 Å². The molecule has 0 saturated carbocycles. The average molecular weight is 247 g/mol. The molecule has 0 N–H and O–H groups in total. The van der Waals surface area contributed by atoms with Crippen molar-refractivity contribution < 1.29 is 9.53 Å². The van der Waals surface area contributed by atoms with Gasteiger partial charge in [0, 0.05) is 25.8 Å². The van der Waals surface area contributed by atoms with E-state index in [1.54, 1.807) is 7.11 Å². The van der Waals surface area contributed by atoms with E-state index in [1.807, 2.05) is 29.2 Å². The van der Waals surface area contributed by atoms with Gasteiger partial charge in [-0.3, -0.25) is 4.79 Å². The van der Waals surface area contributed by atoms with Gasteiger partial charge in [-0.15, -0.1) is 0 Å². The van der Waals surface area contributed by atoms with E-state index in [9.17, 15) is 4.79 Å². The molecule has 98 valence electrons. The number of nitrogens with zero attached hydrogens (tertiary/aromatic N) is 1. The first-order valence-corrected chi connectivity index (χ1v) is 6.58. The van der Waals surface area contributed by atoms with Crippen LogP contribution in [0.15, 0.2) is 24.3 Å². The molecule has 18 heavy (non-hydrogen) atoms. The number of rotatable bonds is 3. The number of carbonyl (C=O) groups is 1. The van der Waals surface area contributed by atoms with Crippen molar-refractivity contribution in [3.63, 3.8) is 0 Å². The molecule has 1 aliphatic heterocycles. The Morgan fingerprint density at radius 2 is 2.11 bits per heavy atom. The summed E-state index contributed by atoms with van der Waals surface area (Å²) in [6.45, 7) is 4.57. The first-order chi connectivity index (χ1) is 8.70. The number of piperidine rings is 1. The van der Waals surface area contributed by atoms with E-state index in [1.165, 1.54) is 0 Å². The van der Waals surface area contributed by atoms with Crippen molar-refractivity contribution in [2.45, 2.75) is 26.4 Å². The molecule has 1 aliphatic rings. The van der Waals surface area contributed by atoms with E-state index in [4.69, 9.17) is 4.74 Å². The van der Waals surface area contributed by atoms with Crippen molar-refractivity contribution in [2.75, 3.05) is 20.2 Å². The fraction of sp³-hybridized carbons (Fsp3) is 0.533. The summed E-state index contributed by atoms with van der Waals surface area (Å²) >= 11 is 0. The van der Waals surface area contributed by atoms with E-state index < -0.39 is 0 Å². The molecule has 1 saturated heterocycles. The molecule has 1 aromatic carbocycles. The van der Waals surface area contributed by atoms with Gasteiger partial charge < -0.3 is 9.64 Å². The van der Waals surface area contributed by atoms with Crippen molar-refractivity contribution in [2.24, 2.45) is 5.92 Å². The minimum Gasteiger partial charge on any atom is -0.380 e. The summed E-state index contributed by atoms with van der Waals surface area (Å²) in [6, 6.07) is 7.73. The first-order valence-electron chi connectivity index (χ1n) is 6.58. The third kappa shape index (κ3) is 3.10. The SMILES string of the molecule is COCc1cccc(C(=O)N2CCC(C)CC2)c1. The predicted octanol–water partition coefficient (Wildman–Crippen LogP) is 2.71. The monoisotopic (exact) mass is 247 g/mol. The maximum absolute atomic E-state index is 12.3. The second-order valence-electron chi connectivity index (χ2n) is 5.11. The third-order valence-electron chi connectivity index (χ3n) is 3.56. The number of amides is 1. The molecule has 0 aromatic heterocycles. The zero-order valence-corrected chi connectivity index (χ0v) is 11.2. The lowest BCUT2D eigenvalue weighted by Crippen LogP contribution is -2.37. The Morgan fingerprint density at radius 3 is 2.78 bits per heavy atom. The van der Waals surface area contributed by atoms with Crippen LogP contribution in [-0.2, 0) is 11.3 Å². The molecule has 1 aromatic rings. The van der Waals surface area contributed by atoms with Crippen LogP contribution < -0.4 is 0 Å². The van der Waals surface area contributed by atoms with Gasteiger partial charge in [-0.1, -0.05) is 19.1 Å². The molecule has 1 heterocycles. The minimum absolute atomic E-state index is 0.153. The summed E-state index contributed by atoms with van der Waals surface area (Å²) in [5.74, 6) is 0.897. The topological polar surface area (TPSA) is 29.5 Å². The molecule has 3 nitrogen and oxygen atoms in total. The van der Waals surface area contributed by atoms with Crippen LogP contribution in [0.4, 0.5) is 0 Å². The quantitative estimate of drug-likeness (QED) is 0.822. The summed E-state index contributed by atoms with van der Waals surface area (Å²) in [4.78, 5) is 14.3. The Balaban J connectivity index is 2.06. The van der Waals surface area contributed by atoms with Crippen LogP contribution in [0.1, 0.15) is 35.7 Å². The van der Waals surface area contributed by atoms with E-state index in [0.717, 1.165) is 43.0 Å². The Morgan fingerprint density at radius 1 is 1.39 bits per heavy atom. The highest BCUT2D eigenvalue weighted by molar-refractivity contribution is 5.94. The van der Waals surface area contributed by atoms with Crippen LogP contribution >= 0.6 is 0 Å². The van der Waals surface area contributed by atoms with Crippen LogP contribution in [0.5, 0.6) is 0 Å². The lowest BCUT2D eigenvalue weighted by Gasteiger charge is -2.30. The number of hydrogen-bond acceptors (Lipinski definition) is 2. The van der Waals surface area contributed by atoms with Crippen LogP contribution in [0.25, 0.3) is 0 Å². The molecule has 1 amide bonds. The number of carbonyl (C=O) groups excluding carboxylic acids is 1. The smallest absolute Gasteiger partial charge is 0.253 e. The number of hydrogen-bond donors (Lipinski definition) is 0. The number of ether oxygens (including phenoxy) is 1. The van der Waals surface area contributed by atoms with Gasteiger partial charge in [-0.05, 0) is 36.5 Å². The summed E-state index contributed by atoms with van der Waals surface area (Å²) in [6.07, 6.45) is 2.23. The minimum atomic E-state index is 0.153. The van der Waals surface area contributed by atoms with Crippen molar-refractivity contribution in [3.8, 4) is 0 Å². The summed E-state index contributed by atoms with van der Waals surface area (Å²) in [5, 5.41) is 0. The molecule has 0 aliphatic carbocycles. The molecule has 0 atom stereocenters. The highest BCUT2D eigenvalue weighted by atomic mass is 16.5. The van der Waals surface area contributed by atoms with Gasteiger partial charge in [0.25, 0.3) is 5.91 Å². The largest absolute Gasteiger partial charge is 0.380 e. The van der Waals surface area contributed by atoms with E-state index >= 15 is 0 Å². The Bertz CT molecular complexity index is 409. The molecular weight excluding hydrogens is 226 g/mol. The lowest BCUT2D eigenvalue weighted by atomic mass is 9.98. The molecule has 0 unspecified atom stereocenters. The van der Waals surface area contributed by atoms with Gasteiger partial charge in [0.05, 0.1) is 6.61 Å². The first kappa shape index (κ1) is 13.1. The molecule has 0 spiro atoms. The zero-order chi connectivity index (χ0) is 13.0. The molecular formula is C15H21NO2. The Kier molecular flexibility index (Phi) is 4.37. The van der Waals surface area contributed by atoms with Gasteiger partial charge in [-0.25, -0.2) is 0 Å². The highest BCUT2D eigenvalue weighted by Crippen LogP contribution is 2.18. The van der Waals surface area contributed by atoms with E-state index in [2.05, 4.69) is 6.92 Å². The Labute approximate surface area is 109 Å². The second-order valence-corrected chi connectivity index (χ2v) is 5.11. The second kappa shape index (κ2) is 6.01. The van der Waals surface area contributed by atoms with Crippen LogP contribution in [0, 0.1) is 5.92 Å².